The Morgan fingerprint density at radius 1 is 1.09 bits per heavy atom. The second kappa shape index (κ2) is 8.21. The number of nitrogens with zero attached hydrogens (tertiary/aromatic N) is 1. The molecule has 1 aromatic heterocycles. The first-order valence-corrected chi connectivity index (χ1v) is 8.40. The Morgan fingerprint density at radius 2 is 1.87 bits per heavy atom. The molecular formula is C20H27FN2. The zero-order chi connectivity index (χ0) is 16.8. The molecule has 0 spiro atoms. The lowest BCUT2D eigenvalue weighted by Crippen LogP contribution is -2.07. The van der Waals surface area contributed by atoms with Crippen molar-refractivity contribution in [3.05, 3.63) is 52.6 Å². The number of hydrogen-bond acceptors (Lipinski definition) is 2. The van der Waals surface area contributed by atoms with E-state index >= 15 is 0 Å². The van der Waals surface area contributed by atoms with E-state index in [1.54, 1.807) is 6.20 Å². The monoisotopic (exact) mass is 314 g/mol. The largest absolute Gasteiger partial charge is 0.320 e. The zero-order valence-electron chi connectivity index (χ0n) is 14.7. The second-order valence-corrected chi connectivity index (χ2v) is 6.25. The van der Waals surface area contributed by atoms with E-state index in [1.165, 1.54) is 18.4 Å². The predicted octanol–water partition coefficient (Wildman–Crippen LogP) is 4.75. The van der Waals surface area contributed by atoms with Gasteiger partial charge in [0.1, 0.15) is 5.82 Å². The van der Waals surface area contributed by atoms with Crippen LogP contribution >= 0.6 is 0 Å². The first-order valence-electron chi connectivity index (χ1n) is 8.40. The van der Waals surface area contributed by atoms with Crippen LogP contribution in [0.25, 0.3) is 11.1 Å². The van der Waals surface area contributed by atoms with E-state index in [1.807, 2.05) is 40.0 Å². The lowest BCUT2D eigenvalue weighted by Gasteiger charge is -2.11. The van der Waals surface area contributed by atoms with Gasteiger partial charge in [-0.1, -0.05) is 18.6 Å². The van der Waals surface area contributed by atoms with E-state index in [0.29, 0.717) is 5.56 Å². The maximum absolute atomic E-state index is 14.5. The minimum Gasteiger partial charge on any atom is -0.320 e. The van der Waals surface area contributed by atoms with Crippen LogP contribution in [0.5, 0.6) is 0 Å². The van der Waals surface area contributed by atoms with Gasteiger partial charge >= 0.3 is 0 Å². The van der Waals surface area contributed by atoms with Gasteiger partial charge in [-0.25, -0.2) is 4.39 Å². The summed E-state index contributed by atoms with van der Waals surface area (Å²) < 4.78 is 14.5. The lowest BCUT2D eigenvalue weighted by atomic mass is 9.97. The third-order valence-electron chi connectivity index (χ3n) is 4.53. The molecule has 0 saturated carbocycles. The fraction of sp³-hybridized carbons (Fsp3) is 0.450. The smallest absolute Gasteiger partial charge is 0.134 e. The lowest BCUT2D eigenvalue weighted by molar-refractivity contribution is 0.620. The van der Waals surface area contributed by atoms with Gasteiger partial charge < -0.3 is 5.32 Å². The van der Waals surface area contributed by atoms with Crippen molar-refractivity contribution in [1.29, 1.82) is 0 Å². The van der Waals surface area contributed by atoms with Gasteiger partial charge in [0.15, 0.2) is 0 Å². The highest BCUT2D eigenvalue weighted by Gasteiger charge is 2.11. The quantitative estimate of drug-likeness (QED) is 0.746. The topological polar surface area (TPSA) is 24.9 Å². The van der Waals surface area contributed by atoms with Crippen molar-refractivity contribution in [3.63, 3.8) is 0 Å². The third-order valence-corrected chi connectivity index (χ3v) is 4.53. The third kappa shape index (κ3) is 4.38. The molecule has 0 aliphatic rings. The van der Waals surface area contributed by atoms with E-state index in [9.17, 15) is 4.39 Å². The number of halogens is 1. The van der Waals surface area contributed by atoms with Crippen molar-refractivity contribution in [2.45, 2.75) is 46.5 Å². The summed E-state index contributed by atoms with van der Waals surface area (Å²) in [6.45, 7) is 6.86. The molecule has 124 valence electrons. The minimum absolute atomic E-state index is 0.129. The summed E-state index contributed by atoms with van der Waals surface area (Å²) in [6.07, 6.45) is 6.32. The summed E-state index contributed by atoms with van der Waals surface area (Å²) in [5, 5.41) is 3.17. The summed E-state index contributed by atoms with van der Waals surface area (Å²) in [4.78, 5) is 4.48. The molecule has 0 fully saturated rings. The van der Waals surface area contributed by atoms with E-state index in [2.05, 4.69) is 16.4 Å². The SMILES string of the molecule is CNCCCCCc1cc(-c2ccc(C)c(C)c2F)cnc1C. The molecule has 2 nitrogen and oxygen atoms in total. The van der Waals surface area contributed by atoms with Crippen molar-refractivity contribution in [3.8, 4) is 11.1 Å². The van der Waals surface area contributed by atoms with Crippen LogP contribution in [0.3, 0.4) is 0 Å². The van der Waals surface area contributed by atoms with Crippen LogP contribution in [0.1, 0.15) is 41.6 Å². The maximum Gasteiger partial charge on any atom is 0.134 e. The van der Waals surface area contributed by atoms with E-state index in [4.69, 9.17) is 0 Å². The van der Waals surface area contributed by atoms with Crippen molar-refractivity contribution in [2.75, 3.05) is 13.6 Å². The Bertz CT molecular complexity index is 665. The Labute approximate surface area is 139 Å². The summed E-state index contributed by atoms with van der Waals surface area (Å²) >= 11 is 0. The first-order chi connectivity index (χ1) is 11.0. The van der Waals surface area contributed by atoms with Gasteiger partial charge in [0.05, 0.1) is 0 Å². The van der Waals surface area contributed by atoms with E-state index in [0.717, 1.165) is 41.8 Å². The highest BCUT2D eigenvalue weighted by atomic mass is 19.1. The van der Waals surface area contributed by atoms with E-state index < -0.39 is 0 Å². The van der Waals surface area contributed by atoms with Crippen molar-refractivity contribution in [2.24, 2.45) is 0 Å². The van der Waals surface area contributed by atoms with Crippen LogP contribution in [0.2, 0.25) is 0 Å². The van der Waals surface area contributed by atoms with Gasteiger partial charge in [0.25, 0.3) is 0 Å². The van der Waals surface area contributed by atoms with Gasteiger partial charge in [0.2, 0.25) is 0 Å². The highest BCUT2D eigenvalue weighted by molar-refractivity contribution is 5.66. The molecule has 0 bridgehead atoms. The summed E-state index contributed by atoms with van der Waals surface area (Å²) in [7, 11) is 1.98. The van der Waals surface area contributed by atoms with Crippen molar-refractivity contribution in [1.82, 2.24) is 10.3 Å². The molecule has 0 unspecified atom stereocenters. The molecule has 0 saturated heterocycles. The average Bonchev–Trinajstić information content (AvgIpc) is 2.54. The molecule has 1 heterocycles. The Kier molecular flexibility index (Phi) is 6.28. The Balaban J connectivity index is 2.18. The molecule has 2 rings (SSSR count). The summed E-state index contributed by atoms with van der Waals surface area (Å²) in [6, 6.07) is 5.94. The fourth-order valence-corrected chi connectivity index (χ4v) is 2.78. The molecule has 0 atom stereocenters. The molecular weight excluding hydrogens is 287 g/mol. The van der Waals surface area contributed by atoms with E-state index in [-0.39, 0.29) is 5.82 Å². The molecule has 0 radical (unpaired) electrons. The van der Waals surface area contributed by atoms with Gasteiger partial charge in [0, 0.05) is 23.0 Å². The van der Waals surface area contributed by atoms with Crippen LogP contribution in [-0.4, -0.2) is 18.6 Å². The number of hydrogen-bond donors (Lipinski definition) is 1. The van der Waals surface area contributed by atoms with Crippen LogP contribution in [-0.2, 0) is 6.42 Å². The van der Waals surface area contributed by atoms with Gasteiger partial charge in [-0.3, -0.25) is 4.98 Å². The highest BCUT2D eigenvalue weighted by Crippen LogP contribution is 2.27. The van der Waals surface area contributed by atoms with Crippen molar-refractivity contribution < 1.29 is 4.39 Å². The number of benzene rings is 1. The summed E-state index contributed by atoms with van der Waals surface area (Å²) in [5.41, 5.74) is 5.50. The molecule has 1 aromatic carbocycles. The molecule has 1 N–H and O–H groups in total. The predicted molar refractivity (Wildman–Crippen MR) is 95.3 cm³/mol. The number of aryl methyl sites for hydroxylation is 3. The Hall–Kier alpha value is -1.74. The van der Waals surface area contributed by atoms with Crippen LogP contribution in [0, 0.1) is 26.6 Å². The number of rotatable bonds is 7. The van der Waals surface area contributed by atoms with Gasteiger partial charge in [-0.05, 0) is 76.4 Å². The molecule has 23 heavy (non-hydrogen) atoms. The summed E-state index contributed by atoms with van der Waals surface area (Å²) in [5.74, 6) is -0.129. The minimum atomic E-state index is -0.129. The number of unbranched alkanes of at least 4 members (excludes halogenated alkanes) is 2. The normalized spacial score (nSPS) is 11.0. The molecule has 0 amide bonds. The zero-order valence-corrected chi connectivity index (χ0v) is 14.7. The number of nitrogens with one attached hydrogen (secondary N) is 1. The van der Waals surface area contributed by atoms with Crippen LogP contribution < -0.4 is 5.32 Å². The number of aromatic nitrogens is 1. The van der Waals surface area contributed by atoms with Gasteiger partial charge in [-0.15, -0.1) is 0 Å². The molecule has 2 aromatic rings. The molecule has 3 heteroatoms. The Morgan fingerprint density at radius 3 is 2.61 bits per heavy atom. The molecule has 0 aliphatic carbocycles. The number of pyridine rings is 1. The van der Waals surface area contributed by atoms with Gasteiger partial charge in [-0.2, -0.15) is 0 Å². The van der Waals surface area contributed by atoms with Crippen LogP contribution in [0.4, 0.5) is 4.39 Å². The second-order valence-electron chi connectivity index (χ2n) is 6.25. The standard InChI is InChI=1S/C20H27FN2/c1-14-9-10-19(20(21)15(14)2)18-12-17(16(3)23-13-18)8-6-5-7-11-22-4/h9-10,12-13,22H,5-8,11H2,1-4H3. The maximum atomic E-state index is 14.5. The molecule has 0 aliphatic heterocycles. The first kappa shape index (κ1) is 17.6. The fourth-order valence-electron chi connectivity index (χ4n) is 2.78. The average molecular weight is 314 g/mol. The van der Waals surface area contributed by atoms with Crippen LogP contribution in [0.15, 0.2) is 24.4 Å². The van der Waals surface area contributed by atoms with Crippen molar-refractivity contribution >= 4 is 0 Å².